The summed E-state index contributed by atoms with van der Waals surface area (Å²) < 4.78 is 5.23. The van der Waals surface area contributed by atoms with Crippen LogP contribution in [0.3, 0.4) is 0 Å². The Hall–Kier alpha value is -4.64. The Morgan fingerprint density at radius 3 is 2.40 bits per heavy atom. The van der Waals surface area contributed by atoms with E-state index in [1.807, 2.05) is 36.4 Å². The summed E-state index contributed by atoms with van der Waals surface area (Å²) >= 11 is 0. The van der Waals surface area contributed by atoms with Crippen molar-refractivity contribution in [3.05, 3.63) is 72.0 Å². The fourth-order valence-electron chi connectivity index (χ4n) is 4.46. The first kappa shape index (κ1) is 26.9. The van der Waals surface area contributed by atoms with E-state index in [1.165, 1.54) is 0 Å². The highest BCUT2D eigenvalue weighted by Crippen LogP contribution is 2.23. The summed E-state index contributed by atoms with van der Waals surface area (Å²) in [5, 5.41) is 19.4. The molecule has 3 heterocycles. The van der Waals surface area contributed by atoms with Crippen molar-refractivity contribution in [1.82, 2.24) is 20.3 Å². The molecule has 0 atom stereocenters. The van der Waals surface area contributed by atoms with E-state index in [0.717, 1.165) is 68.1 Å². The van der Waals surface area contributed by atoms with E-state index in [-0.39, 0.29) is 5.91 Å². The Morgan fingerprint density at radius 1 is 0.925 bits per heavy atom. The van der Waals surface area contributed by atoms with E-state index in [1.54, 1.807) is 24.3 Å². The van der Waals surface area contributed by atoms with E-state index in [2.05, 4.69) is 55.1 Å². The van der Waals surface area contributed by atoms with Crippen LogP contribution in [0.25, 0.3) is 11.3 Å². The second kappa shape index (κ2) is 12.5. The molecular weight excluding hydrogens is 508 g/mol. The molecule has 0 aliphatic carbocycles. The number of anilines is 4. The van der Waals surface area contributed by atoms with Gasteiger partial charge in [0.2, 0.25) is 0 Å². The summed E-state index contributed by atoms with van der Waals surface area (Å²) in [6.07, 6.45) is 2.85. The molecule has 1 aliphatic rings. The number of nitrogens with one attached hydrogen (secondary N) is 4. The van der Waals surface area contributed by atoms with Gasteiger partial charge in [0.15, 0.2) is 11.6 Å². The van der Waals surface area contributed by atoms with Gasteiger partial charge in [-0.25, -0.2) is 4.79 Å². The number of likely N-dealkylation sites (N-methyl/N-ethyl adjacent to an activating group) is 1. The van der Waals surface area contributed by atoms with E-state index in [0.29, 0.717) is 22.9 Å². The lowest BCUT2D eigenvalue weighted by atomic mass is 10.1. The zero-order valence-electron chi connectivity index (χ0n) is 22.7. The minimum absolute atomic E-state index is 0.224. The van der Waals surface area contributed by atoms with E-state index < -0.39 is 6.03 Å². The number of hydrogen-bond donors (Lipinski definition) is 4. The van der Waals surface area contributed by atoms with Crippen LogP contribution in [0.2, 0.25) is 0 Å². The summed E-state index contributed by atoms with van der Waals surface area (Å²) in [6.45, 7) is 6.12. The van der Waals surface area contributed by atoms with Crippen LogP contribution < -0.4 is 20.9 Å². The average Bonchev–Trinajstić information content (AvgIpc) is 3.62. The van der Waals surface area contributed by atoms with Crippen LogP contribution in [0.4, 0.5) is 27.8 Å². The Kier molecular flexibility index (Phi) is 8.41. The number of nitrogens with zero attached hydrogens (tertiary/aromatic N) is 4. The number of rotatable bonds is 9. The number of carbonyl (C=O) groups is 2. The molecule has 0 unspecified atom stereocenters. The molecule has 3 amide bonds. The molecule has 0 bridgehead atoms. The minimum Gasteiger partial charge on any atom is -0.369 e. The maximum absolute atomic E-state index is 12.8. The Labute approximate surface area is 232 Å². The smallest absolute Gasteiger partial charge is 0.324 e. The third-order valence-electron chi connectivity index (χ3n) is 6.85. The van der Waals surface area contributed by atoms with Gasteiger partial charge in [-0.2, -0.15) is 5.10 Å². The van der Waals surface area contributed by atoms with Crippen molar-refractivity contribution in [3.8, 4) is 11.3 Å². The maximum Gasteiger partial charge on any atom is 0.324 e. The summed E-state index contributed by atoms with van der Waals surface area (Å²) in [5.41, 5.74) is 3.89. The van der Waals surface area contributed by atoms with Crippen molar-refractivity contribution in [3.63, 3.8) is 0 Å². The fourth-order valence-corrected chi connectivity index (χ4v) is 4.46. The van der Waals surface area contributed by atoms with Gasteiger partial charge in [-0.1, -0.05) is 30.6 Å². The van der Waals surface area contributed by atoms with Crippen molar-refractivity contribution >= 4 is 34.9 Å². The number of unbranched alkanes of at least 4 members (excludes halogenated alkanes) is 1. The highest BCUT2D eigenvalue weighted by Gasteiger charge is 2.15. The minimum atomic E-state index is -0.411. The first-order chi connectivity index (χ1) is 19.5. The fraction of sp³-hybridized carbons (Fsp3) is 0.310. The second-order valence-electron chi connectivity index (χ2n) is 9.90. The number of aromatic amines is 1. The van der Waals surface area contributed by atoms with Crippen LogP contribution in [0, 0.1) is 0 Å². The van der Waals surface area contributed by atoms with Crippen molar-refractivity contribution in [1.29, 1.82) is 0 Å². The highest BCUT2D eigenvalue weighted by atomic mass is 16.5. The molecule has 4 N–H and O–H groups in total. The molecule has 4 aromatic rings. The summed E-state index contributed by atoms with van der Waals surface area (Å²) in [5.74, 6) is 1.32. The van der Waals surface area contributed by atoms with Crippen LogP contribution in [0.15, 0.2) is 65.2 Å². The van der Waals surface area contributed by atoms with Crippen molar-refractivity contribution < 1.29 is 14.1 Å². The lowest BCUT2D eigenvalue weighted by molar-refractivity contribution is 0.102. The Morgan fingerprint density at radius 2 is 1.68 bits per heavy atom. The molecule has 208 valence electrons. The van der Waals surface area contributed by atoms with Gasteiger partial charge in [0.1, 0.15) is 5.76 Å². The summed E-state index contributed by atoms with van der Waals surface area (Å²) in [7, 11) is 2.13. The molecule has 1 aliphatic heterocycles. The van der Waals surface area contributed by atoms with Gasteiger partial charge in [-0.3, -0.25) is 15.2 Å². The maximum atomic E-state index is 12.8. The zero-order valence-corrected chi connectivity index (χ0v) is 22.7. The van der Waals surface area contributed by atoms with Gasteiger partial charge in [0.05, 0.1) is 5.69 Å². The predicted molar refractivity (Wildman–Crippen MR) is 156 cm³/mol. The van der Waals surface area contributed by atoms with Crippen molar-refractivity contribution in [2.24, 2.45) is 0 Å². The third kappa shape index (κ3) is 6.86. The van der Waals surface area contributed by atoms with E-state index in [9.17, 15) is 9.59 Å². The molecule has 2 aromatic heterocycles. The number of aryl methyl sites for hydroxylation is 1. The SMILES string of the molecule is CCCCc1cc(NC(=O)Nc2ccc(-c3cc(NC(=O)c4ccc(N5CCN(C)CC5)cc4)n[nH]3)cc2)no1. The average molecular weight is 543 g/mol. The largest absolute Gasteiger partial charge is 0.369 e. The van der Waals surface area contributed by atoms with Gasteiger partial charge in [0.25, 0.3) is 5.91 Å². The van der Waals surface area contributed by atoms with Crippen LogP contribution >= 0.6 is 0 Å². The van der Waals surface area contributed by atoms with Crippen LogP contribution in [0.1, 0.15) is 35.9 Å². The number of piperazine rings is 1. The van der Waals surface area contributed by atoms with Crippen molar-refractivity contribution in [2.75, 3.05) is 54.1 Å². The van der Waals surface area contributed by atoms with Crippen molar-refractivity contribution in [2.45, 2.75) is 26.2 Å². The van der Waals surface area contributed by atoms with E-state index >= 15 is 0 Å². The molecule has 0 spiro atoms. The van der Waals surface area contributed by atoms with Gasteiger partial charge in [-0.05, 0) is 55.4 Å². The van der Waals surface area contributed by atoms with Gasteiger partial charge in [-0.15, -0.1) is 0 Å². The van der Waals surface area contributed by atoms with Crippen LogP contribution in [-0.2, 0) is 6.42 Å². The normalized spacial score (nSPS) is 13.7. The molecule has 11 heteroatoms. The molecule has 0 saturated carbocycles. The molecule has 11 nitrogen and oxygen atoms in total. The monoisotopic (exact) mass is 542 g/mol. The van der Waals surface area contributed by atoms with Crippen LogP contribution in [-0.4, -0.2) is 65.4 Å². The van der Waals surface area contributed by atoms with E-state index in [4.69, 9.17) is 4.52 Å². The zero-order chi connectivity index (χ0) is 27.9. The lowest BCUT2D eigenvalue weighted by Crippen LogP contribution is -2.44. The number of H-pyrrole nitrogens is 1. The summed E-state index contributed by atoms with van der Waals surface area (Å²) in [4.78, 5) is 29.7. The molecule has 0 radical (unpaired) electrons. The Bertz CT molecular complexity index is 1420. The van der Waals surface area contributed by atoms with Gasteiger partial charge < -0.3 is 25.0 Å². The number of benzene rings is 2. The first-order valence-corrected chi connectivity index (χ1v) is 13.5. The highest BCUT2D eigenvalue weighted by molar-refractivity contribution is 6.04. The van der Waals surface area contributed by atoms with Crippen LogP contribution in [0.5, 0.6) is 0 Å². The number of carbonyl (C=O) groups excluding carboxylic acids is 2. The standard InChI is InChI=1S/C29H34N8O3/c1-3-4-5-24-18-27(35-40-24)32-29(39)30-22-10-6-20(7-11-22)25-19-26(34-33-25)31-28(38)21-8-12-23(13-9-21)37-16-14-36(2)15-17-37/h6-13,18-19H,3-5,14-17H2,1-2H3,(H2,30,32,35,39)(H2,31,33,34,38). The molecule has 5 rings (SSSR count). The van der Waals surface area contributed by atoms with Gasteiger partial charge >= 0.3 is 6.03 Å². The summed E-state index contributed by atoms with van der Waals surface area (Å²) in [6, 6.07) is 18.0. The molecule has 1 fully saturated rings. The number of hydrogen-bond acceptors (Lipinski definition) is 7. The Balaban J connectivity index is 1.13. The molecule has 40 heavy (non-hydrogen) atoms. The quantitative estimate of drug-likeness (QED) is 0.233. The number of aromatic nitrogens is 3. The molecule has 1 saturated heterocycles. The number of amides is 3. The molecular formula is C29H34N8O3. The number of urea groups is 1. The predicted octanol–water partition coefficient (Wildman–Crippen LogP) is 5.06. The lowest BCUT2D eigenvalue weighted by Gasteiger charge is -2.34. The first-order valence-electron chi connectivity index (χ1n) is 13.5. The molecule has 2 aromatic carbocycles. The van der Waals surface area contributed by atoms with Gasteiger partial charge in [0, 0.05) is 61.7 Å². The topological polar surface area (TPSA) is 131 Å². The second-order valence-corrected chi connectivity index (χ2v) is 9.90. The third-order valence-corrected chi connectivity index (χ3v) is 6.85.